The van der Waals surface area contributed by atoms with Crippen molar-refractivity contribution in [3.63, 3.8) is 0 Å². The average Bonchev–Trinajstić information content (AvgIpc) is 2.55. The Hall–Kier alpha value is -3.02. The minimum atomic E-state index is -0.592. The van der Waals surface area contributed by atoms with Gasteiger partial charge < -0.3 is 19.7 Å². The zero-order chi connectivity index (χ0) is 17.7. The van der Waals surface area contributed by atoms with Crippen LogP contribution in [0.5, 0.6) is 11.5 Å². The molecule has 126 valence electrons. The van der Waals surface area contributed by atoms with Gasteiger partial charge in [0.1, 0.15) is 11.5 Å². The Kier molecular flexibility index (Phi) is 5.42. The van der Waals surface area contributed by atoms with Crippen molar-refractivity contribution in [1.29, 1.82) is 0 Å². The molecule has 0 aliphatic heterocycles. The van der Waals surface area contributed by atoms with Crippen LogP contribution < -0.4 is 0 Å². The van der Waals surface area contributed by atoms with E-state index in [2.05, 4.69) is 0 Å². The normalized spacial score (nSPS) is 10.2. The van der Waals surface area contributed by atoms with E-state index in [0.717, 1.165) is 0 Å². The van der Waals surface area contributed by atoms with E-state index in [1.807, 2.05) is 0 Å². The first-order chi connectivity index (χ1) is 11.5. The number of carbonyl (C=O) groups excluding carboxylic acids is 2. The van der Waals surface area contributed by atoms with Crippen molar-refractivity contribution in [2.24, 2.45) is 0 Å². The van der Waals surface area contributed by atoms with Gasteiger partial charge in [-0.2, -0.15) is 0 Å². The minimum absolute atomic E-state index is 0.0869. The fourth-order valence-corrected chi connectivity index (χ4v) is 2.28. The van der Waals surface area contributed by atoms with Gasteiger partial charge in [-0.25, -0.2) is 9.59 Å². The first-order valence-corrected chi connectivity index (χ1v) is 7.48. The van der Waals surface area contributed by atoms with Crippen molar-refractivity contribution in [2.75, 3.05) is 13.2 Å². The van der Waals surface area contributed by atoms with Crippen molar-refractivity contribution >= 4 is 11.9 Å². The van der Waals surface area contributed by atoms with Crippen LogP contribution in [0.3, 0.4) is 0 Å². The summed E-state index contributed by atoms with van der Waals surface area (Å²) in [5.41, 5.74) is 0.886. The maximum absolute atomic E-state index is 12.2. The van der Waals surface area contributed by atoms with Crippen molar-refractivity contribution in [3.05, 3.63) is 47.5 Å². The zero-order valence-electron chi connectivity index (χ0n) is 13.4. The number of rotatable bonds is 5. The second-order valence-corrected chi connectivity index (χ2v) is 4.90. The molecule has 6 nitrogen and oxygen atoms in total. The number of aromatic hydroxyl groups is 2. The summed E-state index contributed by atoms with van der Waals surface area (Å²) in [5, 5.41) is 19.6. The van der Waals surface area contributed by atoms with Crippen LogP contribution in [-0.2, 0) is 9.47 Å². The van der Waals surface area contributed by atoms with Gasteiger partial charge in [-0.3, -0.25) is 0 Å². The Morgan fingerprint density at radius 1 is 0.792 bits per heavy atom. The SMILES string of the molecule is CCOC(=O)c1ccc(O)cc1-c1cc(O)ccc1C(=O)OCC. The molecule has 0 saturated carbocycles. The Morgan fingerprint density at radius 3 is 1.50 bits per heavy atom. The first-order valence-electron chi connectivity index (χ1n) is 7.48. The van der Waals surface area contributed by atoms with Gasteiger partial charge in [0.25, 0.3) is 0 Å². The highest BCUT2D eigenvalue weighted by Crippen LogP contribution is 2.33. The molecule has 0 radical (unpaired) electrons. The van der Waals surface area contributed by atoms with E-state index < -0.39 is 11.9 Å². The van der Waals surface area contributed by atoms with E-state index in [1.54, 1.807) is 13.8 Å². The standard InChI is InChI=1S/C18H18O6/c1-3-23-17(21)13-7-5-11(19)9-15(13)16-10-12(20)6-8-14(16)18(22)24-4-2/h5-10,19-20H,3-4H2,1-2H3. The molecule has 0 atom stereocenters. The third-order valence-electron chi connectivity index (χ3n) is 3.29. The van der Waals surface area contributed by atoms with Crippen LogP contribution in [0.2, 0.25) is 0 Å². The van der Waals surface area contributed by atoms with Crippen molar-refractivity contribution in [2.45, 2.75) is 13.8 Å². The monoisotopic (exact) mass is 330 g/mol. The predicted octanol–water partition coefficient (Wildman–Crippen LogP) is 3.12. The molecule has 0 aliphatic rings. The van der Waals surface area contributed by atoms with Crippen LogP contribution in [0.1, 0.15) is 34.6 Å². The smallest absolute Gasteiger partial charge is 0.338 e. The van der Waals surface area contributed by atoms with Gasteiger partial charge in [-0.05, 0) is 50.2 Å². The number of ether oxygens (including phenoxy) is 2. The van der Waals surface area contributed by atoms with Gasteiger partial charge in [0, 0.05) is 11.1 Å². The highest BCUT2D eigenvalue weighted by molar-refractivity contribution is 6.03. The lowest BCUT2D eigenvalue weighted by Gasteiger charge is -2.13. The highest BCUT2D eigenvalue weighted by atomic mass is 16.5. The van der Waals surface area contributed by atoms with Crippen LogP contribution in [0.4, 0.5) is 0 Å². The van der Waals surface area contributed by atoms with E-state index in [-0.39, 0.29) is 47.0 Å². The number of hydrogen-bond donors (Lipinski definition) is 2. The summed E-state index contributed by atoms with van der Waals surface area (Å²) in [7, 11) is 0. The van der Waals surface area contributed by atoms with Crippen LogP contribution in [0.25, 0.3) is 11.1 Å². The summed E-state index contributed by atoms with van der Waals surface area (Å²) >= 11 is 0. The Bertz CT molecular complexity index is 701. The second kappa shape index (κ2) is 7.50. The van der Waals surface area contributed by atoms with Gasteiger partial charge in [0.2, 0.25) is 0 Å². The van der Waals surface area contributed by atoms with Crippen molar-refractivity contribution < 1.29 is 29.3 Å². The number of benzene rings is 2. The van der Waals surface area contributed by atoms with E-state index in [1.165, 1.54) is 36.4 Å². The molecule has 0 unspecified atom stereocenters. The predicted molar refractivity (Wildman–Crippen MR) is 87.1 cm³/mol. The topological polar surface area (TPSA) is 93.1 Å². The maximum Gasteiger partial charge on any atom is 0.338 e. The molecule has 2 N–H and O–H groups in total. The molecule has 6 heteroatoms. The second-order valence-electron chi connectivity index (χ2n) is 4.90. The van der Waals surface area contributed by atoms with E-state index >= 15 is 0 Å². The molecule has 0 bridgehead atoms. The third kappa shape index (κ3) is 3.65. The molecule has 0 aliphatic carbocycles. The molecule has 0 fully saturated rings. The van der Waals surface area contributed by atoms with E-state index in [4.69, 9.17) is 9.47 Å². The number of phenols is 2. The first kappa shape index (κ1) is 17.3. The number of phenolic OH excluding ortho intramolecular Hbond substituents is 2. The average molecular weight is 330 g/mol. The maximum atomic E-state index is 12.2. The zero-order valence-corrected chi connectivity index (χ0v) is 13.4. The number of carbonyl (C=O) groups is 2. The van der Waals surface area contributed by atoms with Crippen LogP contribution in [0.15, 0.2) is 36.4 Å². The highest BCUT2D eigenvalue weighted by Gasteiger charge is 2.21. The lowest BCUT2D eigenvalue weighted by atomic mass is 9.94. The van der Waals surface area contributed by atoms with Crippen LogP contribution in [-0.4, -0.2) is 35.4 Å². The molecule has 0 saturated heterocycles. The van der Waals surface area contributed by atoms with E-state index in [0.29, 0.717) is 0 Å². The Labute approximate surface area is 139 Å². The lowest BCUT2D eigenvalue weighted by Crippen LogP contribution is -2.10. The van der Waals surface area contributed by atoms with Gasteiger partial charge in [0.15, 0.2) is 0 Å². The molecule has 2 rings (SSSR count). The molecular weight excluding hydrogens is 312 g/mol. The largest absolute Gasteiger partial charge is 0.508 e. The summed E-state index contributed by atoms with van der Waals surface area (Å²) < 4.78 is 10.0. The molecule has 0 heterocycles. The molecule has 2 aromatic carbocycles. The summed E-state index contributed by atoms with van der Waals surface area (Å²) in [6.07, 6.45) is 0. The van der Waals surface area contributed by atoms with Crippen LogP contribution in [0, 0.1) is 0 Å². The summed E-state index contributed by atoms with van der Waals surface area (Å²) in [5.74, 6) is -1.36. The minimum Gasteiger partial charge on any atom is -0.508 e. The van der Waals surface area contributed by atoms with Crippen LogP contribution >= 0.6 is 0 Å². The molecule has 0 aromatic heterocycles. The molecular formula is C18H18O6. The summed E-state index contributed by atoms with van der Waals surface area (Å²) in [4.78, 5) is 24.3. The Balaban J connectivity index is 2.67. The van der Waals surface area contributed by atoms with Gasteiger partial charge >= 0.3 is 11.9 Å². The fraction of sp³-hybridized carbons (Fsp3) is 0.222. The molecule has 2 aromatic rings. The fourth-order valence-electron chi connectivity index (χ4n) is 2.28. The molecule has 0 spiro atoms. The Morgan fingerprint density at radius 2 is 1.17 bits per heavy atom. The van der Waals surface area contributed by atoms with Gasteiger partial charge in [-0.15, -0.1) is 0 Å². The number of esters is 2. The third-order valence-corrected chi connectivity index (χ3v) is 3.29. The molecule has 24 heavy (non-hydrogen) atoms. The summed E-state index contributed by atoms with van der Waals surface area (Å²) in [6.45, 7) is 3.72. The van der Waals surface area contributed by atoms with Crippen molar-refractivity contribution in [1.82, 2.24) is 0 Å². The quantitative estimate of drug-likeness (QED) is 0.818. The van der Waals surface area contributed by atoms with Crippen molar-refractivity contribution in [3.8, 4) is 22.6 Å². The van der Waals surface area contributed by atoms with Gasteiger partial charge in [0.05, 0.1) is 24.3 Å². The number of hydrogen-bond acceptors (Lipinski definition) is 6. The van der Waals surface area contributed by atoms with E-state index in [9.17, 15) is 19.8 Å². The summed E-state index contributed by atoms with van der Waals surface area (Å²) in [6, 6.07) is 8.18. The van der Waals surface area contributed by atoms with Gasteiger partial charge in [-0.1, -0.05) is 0 Å². The lowest BCUT2D eigenvalue weighted by molar-refractivity contribution is 0.0515. The molecule has 0 amide bonds.